The van der Waals surface area contributed by atoms with Gasteiger partial charge in [0.1, 0.15) is 0 Å². The predicted molar refractivity (Wildman–Crippen MR) is 64.9 cm³/mol. The molecular weight excluding hydrogens is 208 g/mol. The lowest BCUT2D eigenvalue weighted by Crippen LogP contribution is -1.84. The van der Waals surface area contributed by atoms with E-state index < -0.39 is 5.24 Å². The van der Waals surface area contributed by atoms with E-state index in [1.807, 2.05) is 12.1 Å². The summed E-state index contributed by atoms with van der Waals surface area (Å²) in [4.78, 5) is 10.5. The van der Waals surface area contributed by atoms with Crippen molar-refractivity contribution in [1.82, 2.24) is 0 Å². The molecule has 0 saturated carbocycles. The Morgan fingerprint density at radius 2 is 2.00 bits per heavy atom. The molecular formula is C13H15ClO. The first kappa shape index (κ1) is 12.0. The second kappa shape index (κ2) is 6.41. The number of aryl methyl sites for hydroxylation is 1. The van der Waals surface area contributed by atoms with E-state index in [1.54, 1.807) is 6.08 Å². The van der Waals surface area contributed by atoms with Crippen molar-refractivity contribution in [2.24, 2.45) is 0 Å². The van der Waals surface area contributed by atoms with Gasteiger partial charge in [0.15, 0.2) is 0 Å². The van der Waals surface area contributed by atoms with Gasteiger partial charge in [-0.15, -0.1) is 0 Å². The summed E-state index contributed by atoms with van der Waals surface area (Å²) in [7, 11) is 0. The zero-order chi connectivity index (χ0) is 11.1. The summed E-state index contributed by atoms with van der Waals surface area (Å²) < 4.78 is 0. The summed E-state index contributed by atoms with van der Waals surface area (Å²) in [6.07, 6.45) is 6.63. The molecule has 0 heterocycles. The molecule has 0 unspecified atom stereocenters. The number of hydrogen-bond donors (Lipinski definition) is 0. The molecule has 1 nitrogen and oxygen atoms in total. The van der Waals surface area contributed by atoms with Crippen molar-refractivity contribution in [2.45, 2.75) is 26.2 Å². The zero-order valence-corrected chi connectivity index (χ0v) is 9.63. The molecule has 80 valence electrons. The fraction of sp³-hybridized carbons (Fsp3) is 0.308. The van der Waals surface area contributed by atoms with Crippen molar-refractivity contribution in [1.29, 1.82) is 0 Å². The lowest BCUT2D eigenvalue weighted by Gasteiger charge is -1.99. The number of rotatable bonds is 5. The van der Waals surface area contributed by atoms with E-state index in [0.717, 1.165) is 12.0 Å². The monoisotopic (exact) mass is 222 g/mol. The van der Waals surface area contributed by atoms with Gasteiger partial charge in [-0.2, -0.15) is 0 Å². The third kappa shape index (κ3) is 4.80. The Kier molecular flexibility index (Phi) is 5.13. The number of hydrogen-bond acceptors (Lipinski definition) is 1. The van der Waals surface area contributed by atoms with Crippen LogP contribution in [-0.4, -0.2) is 5.24 Å². The topological polar surface area (TPSA) is 17.1 Å². The minimum atomic E-state index is -0.440. The first-order valence-corrected chi connectivity index (χ1v) is 5.56. The molecule has 0 aliphatic rings. The minimum Gasteiger partial charge on any atom is -0.276 e. The fourth-order valence-corrected chi connectivity index (χ4v) is 1.40. The van der Waals surface area contributed by atoms with Crippen molar-refractivity contribution in [3.05, 3.63) is 41.5 Å². The van der Waals surface area contributed by atoms with E-state index in [0.29, 0.717) is 0 Å². The van der Waals surface area contributed by atoms with Gasteiger partial charge in [-0.3, -0.25) is 4.79 Å². The van der Waals surface area contributed by atoms with Crippen LogP contribution >= 0.6 is 11.6 Å². The summed E-state index contributed by atoms with van der Waals surface area (Å²) >= 11 is 5.20. The number of carbonyl (C=O) groups is 1. The van der Waals surface area contributed by atoms with Gasteiger partial charge in [-0.25, -0.2) is 0 Å². The van der Waals surface area contributed by atoms with Gasteiger partial charge in [0.2, 0.25) is 5.24 Å². The summed E-state index contributed by atoms with van der Waals surface area (Å²) in [6.45, 7) is 2.18. The molecule has 2 heteroatoms. The summed E-state index contributed by atoms with van der Waals surface area (Å²) in [5.74, 6) is 0. The van der Waals surface area contributed by atoms with Gasteiger partial charge in [0.25, 0.3) is 0 Å². The van der Waals surface area contributed by atoms with Crippen molar-refractivity contribution >= 4 is 22.9 Å². The number of halogens is 1. The molecule has 0 fully saturated rings. The summed E-state index contributed by atoms with van der Waals surface area (Å²) in [6, 6.07) is 8.19. The largest absolute Gasteiger partial charge is 0.276 e. The van der Waals surface area contributed by atoms with Gasteiger partial charge in [-0.05, 0) is 41.6 Å². The molecule has 0 N–H and O–H groups in total. The molecule has 0 spiro atoms. The second-order valence-corrected chi connectivity index (χ2v) is 3.86. The second-order valence-electron chi connectivity index (χ2n) is 3.48. The number of unbranched alkanes of at least 4 members (excludes halogenated alkanes) is 1. The van der Waals surface area contributed by atoms with E-state index in [2.05, 4.69) is 19.1 Å². The zero-order valence-electron chi connectivity index (χ0n) is 8.87. The highest BCUT2D eigenvalue weighted by Crippen LogP contribution is 2.09. The smallest absolute Gasteiger partial charge is 0.245 e. The Morgan fingerprint density at radius 3 is 2.53 bits per heavy atom. The van der Waals surface area contributed by atoms with Crippen LogP contribution in [0.4, 0.5) is 0 Å². The molecule has 0 amide bonds. The summed E-state index contributed by atoms with van der Waals surface area (Å²) in [5, 5.41) is -0.440. The summed E-state index contributed by atoms with van der Waals surface area (Å²) in [5.41, 5.74) is 2.34. The van der Waals surface area contributed by atoms with Crippen molar-refractivity contribution in [3.63, 3.8) is 0 Å². The van der Waals surface area contributed by atoms with Crippen LogP contribution < -0.4 is 0 Å². The maximum Gasteiger partial charge on any atom is 0.245 e. The third-order valence-corrected chi connectivity index (χ3v) is 2.33. The van der Waals surface area contributed by atoms with Crippen LogP contribution in [0.1, 0.15) is 30.9 Å². The van der Waals surface area contributed by atoms with Crippen LogP contribution in [0.5, 0.6) is 0 Å². The molecule has 0 atom stereocenters. The predicted octanol–water partition coefficient (Wildman–Crippen LogP) is 3.81. The van der Waals surface area contributed by atoms with Gasteiger partial charge < -0.3 is 0 Å². The first-order valence-electron chi connectivity index (χ1n) is 5.19. The molecule has 0 aromatic heterocycles. The van der Waals surface area contributed by atoms with Crippen molar-refractivity contribution < 1.29 is 4.79 Å². The van der Waals surface area contributed by atoms with Gasteiger partial charge in [0.05, 0.1) is 0 Å². The molecule has 0 saturated heterocycles. The number of benzene rings is 1. The molecule has 1 aromatic carbocycles. The van der Waals surface area contributed by atoms with Crippen LogP contribution in [0.2, 0.25) is 0 Å². The highest BCUT2D eigenvalue weighted by Gasteiger charge is 1.93. The molecule has 0 radical (unpaired) electrons. The van der Waals surface area contributed by atoms with Crippen LogP contribution in [0.25, 0.3) is 6.08 Å². The Morgan fingerprint density at radius 1 is 1.33 bits per heavy atom. The molecule has 0 bridgehead atoms. The molecule has 15 heavy (non-hydrogen) atoms. The van der Waals surface area contributed by atoms with Crippen molar-refractivity contribution in [2.75, 3.05) is 0 Å². The van der Waals surface area contributed by atoms with Crippen LogP contribution in [-0.2, 0) is 11.2 Å². The molecule has 0 aliphatic heterocycles. The third-order valence-electron chi connectivity index (χ3n) is 2.21. The molecule has 1 rings (SSSR count). The maximum atomic E-state index is 10.5. The Bertz CT molecular complexity index is 338. The first-order chi connectivity index (χ1) is 7.22. The van der Waals surface area contributed by atoms with Crippen LogP contribution in [0.3, 0.4) is 0 Å². The maximum absolute atomic E-state index is 10.5. The lowest BCUT2D eigenvalue weighted by atomic mass is 10.1. The van der Waals surface area contributed by atoms with E-state index >= 15 is 0 Å². The normalized spacial score (nSPS) is 10.8. The number of allylic oxidation sites excluding steroid dienone is 1. The molecule has 0 aliphatic carbocycles. The highest BCUT2D eigenvalue weighted by molar-refractivity contribution is 6.66. The standard InChI is InChI=1S/C13H15ClO/c1-2-3-4-11-5-7-12(8-6-11)9-10-13(14)15/h5-10H,2-4H2,1H3/b10-9+. The highest BCUT2D eigenvalue weighted by atomic mass is 35.5. The Hall–Kier alpha value is -1.08. The number of carbonyl (C=O) groups excluding carboxylic acids is 1. The molecule has 1 aromatic rings. The fourth-order valence-electron chi connectivity index (χ4n) is 1.34. The Labute approximate surface area is 95.8 Å². The van der Waals surface area contributed by atoms with Crippen LogP contribution in [0, 0.1) is 0 Å². The van der Waals surface area contributed by atoms with Crippen LogP contribution in [0.15, 0.2) is 30.3 Å². The SMILES string of the molecule is CCCCc1ccc(/C=C/C(=O)Cl)cc1. The average molecular weight is 223 g/mol. The Balaban J connectivity index is 2.60. The van der Waals surface area contributed by atoms with Gasteiger partial charge in [-0.1, -0.05) is 43.7 Å². The van der Waals surface area contributed by atoms with E-state index in [1.165, 1.54) is 24.5 Å². The van der Waals surface area contributed by atoms with E-state index in [-0.39, 0.29) is 0 Å². The van der Waals surface area contributed by atoms with Gasteiger partial charge >= 0.3 is 0 Å². The van der Waals surface area contributed by atoms with E-state index in [9.17, 15) is 4.79 Å². The quantitative estimate of drug-likeness (QED) is 0.547. The van der Waals surface area contributed by atoms with Gasteiger partial charge in [0, 0.05) is 0 Å². The van der Waals surface area contributed by atoms with E-state index in [4.69, 9.17) is 11.6 Å². The average Bonchev–Trinajstić information content (AvgIpc) is 2.25. The van der Waals surface area contributed by atoms with Crippen molar-refractivity contribution in [3.8, 4) is 0 Å². The lowest BCUT2D eigenvalue weighted by molar-refractivity contribution is -0.107. The minimum absolute atomic E-state index is 0.440.